The lowest BCUT2D eigenvalue weighted by Gasteiger charge is -2.35. The van der Waals surface area contributed by atoms with E-state index in [1.165, 1.54) is 16.8 Å². The fraction of sp³-hybridized carbons (Fsp3) is 0.267. The molecule has 4 heterocycles. The average molecular weight is 823 g/mol. The van der Waals surface area contributed by atoms with Crippen LogP contribution in [-0.4, -0.2) is 86.9 Å². The Morgan fingerprint density at radius 1 is 0.796 bits per heavy atom. The summed E-state index contributed by atoms with van der Waals surface area (Å²) < 4.78 is 36.3. The van der Waals surface area contributed by atoms with Crippen molar-refractivity contribution in [3.05, 3.63) is 81.2 Å². The number of nitrogens with two attached hydrogens (primary N) is 2. The molecule has 16 nitrogen and oxygen atoms in total. The Hall–Kier alpha value is -4.43. The van der Waals surface area contributed by atoms with Crippen LogP contribution in [0.3, 0.4) is 0 Å². The van der Waals surface area contributed by atoms with E-state index in [2.05, 4.69) is 69.3 Å². The maximum absolute atomic E-state index is 12.2. The zero-order valence-electron chi connectivity index (χ0n) is 26.1. The lowest BCUT2D eigenvalue weighted by molar-refractivity contribution is 0.101. The predicted octanol–water partition coefficient (Wildman–Crippen LogP) is 3.55. The minimum atomic E-state index is -3.41. The molecule has 2 amide bonds. The molecule has 6 rings (SSSR count). The first-order chi connectivity index (χ1) is 23.4. The third-order valence-electron chi connectivity index (χ3n) is 7.56. The van der Waals surface area contributed by atoms with E-state index in [9.17, 15) is 18.0 Å². The first-order valence-electron chi connectivity index (χ1n) is 14.9. The number of amides is 2. The van der Waals surface area contributed by atoms with E-state index in [0.717, 1.165) is 47.4 Å². The Labute approximate surface area is 299 Å². The van der Waals surface area contributed by atoms with E-state index in [-0.39, 0.29) is 29.3 Å². The number of halogens is 2. The highest BCUT2D eigenvalue weighted by Gasteiger charge is 2.25. The molecule has 2 saturated heterocycles. The van der Waals surface area contributed by atoms with Gasteiger partial charge in [-0.25, -0.2) is 8.42 Å². The van der Waals surface area contributed by atoms with Crippen LogP contribution in [0.1, 0.15) is 21.0 Å². The Morgan fingerprint density at radius 3 is 1.65 bits per heavy atom. The molecule has 0 unspecified atom stereocenters. The number of nitrogen functional groups attached to an aromatic ring is 2. The zero-order chi connectivity index (χ0) is 35.1. The molecule has 2 aromatic carbocycles. The van der Waals surface area contributed by atoms with Gasteiger partial charge in [0.25, 0.3) is 23.8 Å². The number of hydrogen-bond donors (Lipinski definition) is 5. The van der Waals surface area contributed by atoms with Crippen LogP contribution in [0.4, 0.5) is 34.8 Å². The topological polar surface area (TPSA) is 218 Å². The van der Waals surface area contributed by atoms with Crippen LogP contribution >= 0.6 is 31.9 Å². The number of nitrogens with zero attached hydrogens (tertiary/aromatic N) is 5. The molecule has 7 N–H and O–H groups in total. The van der Waals surface area contributed by atoms with Gasteiger partial charge >= 0.3 is 0 Å². The Morgan fingerprint density at radius 2 is 1.24 bits per heavy atom. The molecule has 0 aliphatic carbocycles. The van der Waals surface area contributed by atoms with E-state index in [1.807, 2.05) is 41.3 Å². The smallest absolute Gasteiger partial charge is 0.292 e. The maximum Gasteiger partial charge on any atom is 0.292 e. The lowest BCUT2D eigenvalue weighted by atomic mass is 10.2. The van der Waals surface area contributed by atoms with Crippen LogP contribution in [0.5, 0.6) is 0 Å². The highest BCUT2D eigenvalue weighted by Crippen LogP contribution is 2.30. The SMILES string of the molecule is C=CS(=O)(=O)N1CCN(c2ccc(Br)c(NC(=O)c3coc(N)n3)c2)CC1.Nc1nc(C(=O)Nc2cc(N3CCNCC3)ccc2Br)co1. The normalized spacial score (nSPS) is 15.2. The second kappa shape index (κ2) is 15.9. The molecule has 260 valence electrons. The molecule has 2 aromatic heterocycles. The molecule has 0 radical (unpaired) electrons. The average Bonchev–Trinajstić information content (AvgIpc) is 3.75. The Bertz CT molecular complexity index is 1920. The van der Waals surface area contributed by atoms with Crippen LogP contribution in [0.25, 0.3) is 0 Å². The van der Waals surface area contributed by atoms with Crippen LogP contribution in [0.15, 0.2) is 78.7 Å². The molecule has 2 aliphatic rings. The third kappa shape index (κ3) is 9.18. The van der Waals surface area contributed by atoms with Gasteiger partial charge in [-0.1, -0.05) is 6.58 Å². The van der Waals surface area contributed by atoms with Crippen LogP contribution in [-0.2, 0) is 10.0 Å². The predicted molar refractivity (Wildman–Crippen MR) is 194 cm³/mol. The van der Waals surface area contributed by atoms with Crippen molar-refractivity contribution >= 4 is 88.5 Å². The molecule has 0 saturated carbocycles. The summed E-state index contributed by atoms with van der Waals surface area (Å²) in [4.78, 5) is 36.3. The molecule has 19 heteroatoms. The molecule has 0 spiro atoms. The minimum Gasteiger partial charge on any atom is -0.431 e. The number of benzene rings is 2. The van der Waals surface area contributed by atoms with Gasteiger partial charge in [0.05, 0.1) is 11.4 Å². The van der Waals surface area contributed by atoms with Crippen LogP contribution in [0, 0.1) is 0 Å². The number of nitrogens with one attached hydrogen (secondary N) is 3. The van der Waals surface area contributed by atoms with Gasteiger partial charge in [0, 0.05) is 78.1 Å². The fourth-order valence-electron chi connectivity index (χ4n) is 5.00. The van der Waals surface area contributed by atoms with E-state index in [1.54, 1.807) is 0 Å². The van der Waals surface area contributed by atoms with Crippen molar-refractivity contribution < 1.29 is 26.8 Å². The lowest BCUT2D eigenvalue weighted by Crippen LogP contribution is -2.48. The molecular formula is C30H34Br2N10O6S. The van der Waals surface area contributed by atoms with Gasteiger partial charge in [-0.2, -0.15) is 14.3 Å². The third-order valence-corrected chi connectivity index (χ3v) is 10.5. The molecular weight excluding hydrogens is 788 g/mol. The molecule has 49 heavy (non-hydrogen) atoms. The summed E-state index contributed by atoms with van der Waals surface area (Å²) in [5, 5.41) is 9.84. The first kappa shape index (κ1) is 35.9. The fourth-order valence-corrected chi connectivity index (χ4v) is 6.57. The molecule has 2 fully saturated rings. The minimum absolute atomic E-state index is 0.0289. The number of oxazole rings is 2. The van der Waals surface area contributed by atoms with Gasteiger partial charge in [-0.05, 0) is 68.3 Å². The summed E-state index contributed by atoms with van der Waals surface area (Å²) in [6, 6.07) is 11.3. The number of carbonyl (C=O) groups is 2. The zero-order valence-corrected chi connectivity index (χ0v) is 30.1. The summed E-state index contributed by atoms with van der Waals surface area (Å²) in [7, 11) is -3.41. The quantitative estimate of drug-likeness (QED) is 0.172. The molecule has 0 bridgehead atoms. The van der Waals surface area contributed by atoms with Gasteiger partial charge in [0.1, 0.15) is 12.5 Å². The first-order valence-corrected chi connectivity index (χ1v) is 18.0. The number of rotatable bonds is 8. The van der Waals surface area contributed by atoms with Crippen molar-refractivity contribution in [2.75, 3.05) is 84.3 Å². The summed E-state index contributed by atoms with van der Waals surface area (Å²) in [5.41, 5.74) is 14.2. The van der Waals surface area contributed by atoms with Gasteiger partial charge in [-0.3, -0.25) is 9.59 Å². The Kier molecular flexibility index (Phi) is 11.6. The monoisotopic (exact) mass is 820 g/mol. The van der Waals surface area contributed by atoms with Crippen molar-refractivity contribution in [3.63, 3.8) is 0 Å². The Balaban J connectivity index is 0.000000195. The van der Waals surface area contributed by atoms with Crippen LogP contribution in [0.2, 0.25) is 0 Å². The number of anilines is 6. The molecule has 2 aliphatic heterocycles. The van der Waals surface area contributed by atoms with Crippen molar-refractivity contribution in [1.29, 1.82) is 0 Å². The summed E-state index contributed by atoms with van der Waals surface area (Å²) >= 11 is 6.85. The second-order valence-electron chi connectivity index (χ2n) is 10.7. The van der Waals surface area contributed by atoms with E-state index in [0.29, 0.717) is 42.0 Å². The van der Waals surface area contributed by atoms with E-state index in [4.69, 9.17) is 20.3 Å². The number of carbonyl (C=O) groups excluding carboxylic acids is 2. The van der Waals surface area contributed by atoms with Gasteiger partial charge < -0.3 is 46.1 Å². The van der Waals surface area contributed by atoms with Crippen molar-refractivity contribution in [2.24, 2.45) is 0 Å². The van der Waals surface area contributed by atoms with Crippen LogP contribution < -0.4 is 37.2 Å². The molecule has 0 atom stereocenters. The highest BCUT2D eigenvalue weighted by molar-refractivity contribution is 9.11. The number of aromatic nitrogens is 2. The molecule has 4 aromatic rings. The summed E-state index contributed by atoms with van der Waals surface area (Å²) in [5.74, 6) is -0.811. The maximum atomic E-state index is 12.2. The highest BCUT2D eigenvalue weighted by atomic mass is 79.9. The van der Waals surface area contributed by atoms with Gasteiger partial charge in [0.15, 0.2) is 11.4 Å². The van der Waals surface area contributed by atoms with E-state index < -0.39 is 15.9 Å². The second-order valence-corrected chi connectivity index (χ2v) is 14.3. The number of hydrogen-bond acceptors (Lipinski definition) is 13. The number of sulfonamides is 1. The standard InChI is InChI=1S/C16H18BrN5O4S.C14H16BrN5O2/c1-2-27(24,25)22-7-5-21(6-8-22)11-3-4-12(17)13(9-11)19-15(23)14-10-26-16(18)20-14;15-10-2-1-9(20-5-3-17-4-6-20)7-11(10)18-13(21)12-8-22-14(16)19-12/h2-4,9-10H,1,5-8H2,(H2,18,20)(H,19,23);1-2,7-8,17H,3-6H2,(H2,16,19)(H,18,21). The van der Waals surface area contributed by atoms with Gasteiger partial charge in [0.2, 0.25) is 10.0 Å². The van der Waals surface area contributed by atoms with Crippen molar-refractivity contribution in [1.82, 2.24) is 19.6 Å². The van der Waals surface area contributed by atoms with Gasteiger partial charge in [-0.15, -0.1) is 0 Å². The number of piperazine rings is 2. The van der Waals surface area contributed by atoms with Crippen molar-refractivity contribution in [2.45, 2.75) is 0 Å². The van der Waals surface area contributed by atoms with Crippen molar-refractivity contribution in [3.8, 4) is 0 Å². The largest absolute Gasteiger partial charge is 0.431 e. The summed E-state index contributed by atoms with van der Waals surface area (Å²) in [6.45, 7) is 8.93. The van der Waals surface area contributed by atoms with E-state index >= 15 is 0 Å². The summed E-state index contributed by atoms with van der Waals surface area (Å²) in [6.07, 6.45) is 2.42.